The van der Waals surface area contributed by atoms with Crippen LogP contribution in [0, 0.1) is 17.8 Å². The topological polar surface area (TPSA) is 46.6 Å². The van der Waals surface area contributed by atoms with E-state index in [1.54, 1.807) is 24.3 Å². The van der Waals surface area contributed by atoms with Crippen LogP contribution >= 0.6 is 23.4 Å². The predicted octanol–water partition coefficient (Wildman–Crippen LogP) is 7.45. The minimum atomic E-state index is -0.306. The quantitative estimate of drug-likeness (QED) is 0.406. The summed E-state index contributed by atoms with van der Waals surface area (Å²) in [5, 5.41) is 0.267. The van der Waals surface area contributed by atoms with E-state index in [-0.39, 0.29) is 16.6 Å². The summed E-state index contributed by atoms with van der Waals surface area (Å²) in [5.41, 5.74) is 3.04. The minimum absolute atomic E-state index is 0.255. The number of rotatable bonds is 5. The van der Waals surface area contributed by atoms with Crippen LogP contribution in [0.3, 0.4) is 0 Å². The third kappa shape index (κ3) is 3.77. The van der Waals surface area contributed by atoms with Crippen molar-refractivity contribution in [1.29, 1.82) is 0 Å². The van der Waals surface area contributed by atoms with E-state index < -0.39 is 0 Å². The smallest absolute Gasteiger partial charge is 0.298 e. The van der Waals surface area contributed by atoms with Gasteiger partial charge in [-0.15, -0.1) is 0 Å². The first-order valence-corrected chi connectivity index (χ1v) is 13.4. The molecule has 0 radical (unpaired) electrons. The summed E-state index contributed by atoms with van der Waals surface area (Å²) in [6, 6.07) is 13.3. The van der Waals surface area contributed by atoms with Crippen LogP contribution in [0.1, 0.15) is 56.6 Å². The van der Waals surface area contributed by atoms with E-state index in [0.29, 0.717) is 22.2 Å². The van der Waals surface area contributed by atoms with Crippen LogP contribution in [0.4, 0.5) is 10.5 Å². The second kappa shape index (κ2) is 8.46. The lowest BCUT2D eigenvalue weighted by molar-refractivity contribution is -0.113. The molecule has 4 saturated carbocycles. The van der Waals surface area contributed by atoms with E-state index in [0.717, 1.165) is 40.8 Å². The normalized spacial score (nSPS) is 31.1. The zero-order chi connectivity index (χ0) is 23.4. The highest BCUT2D eigenvalue weighted by Gasteiger charge is 2.51. The molecule has 4 aliphatic carbocycles. The highest BCUT2D eigenvalue weighted by molar-refractivity contribution is 8.19. The molecule has 0 aromatic heterocycles. The number of amides is 2. The number of imide groups is 1. The van der Waals surface area contributed by atoms with Gasteiger partial charge in [0.2, 0.25) is 0 Å². The van der Waals surface area contributed by atoms with Crippen LogP contribution in [0.15, 0.2) is 47.4 Å². The van der Waals surface area contributed by atoms with Gasteiger partial charge in [-0.25, -0.2) is 4.90 Å². The van der Waals surface area contributed by atoms with Crippen LogP contribution in [0.25, 0.3) is 6.08 Å². The van der Waals surface area contributed by atoms with Gasteiger partial charge in [-0.1, -0.05) is 17.7 Å². The highest BCUT2D eigenvalue weighted by Crippen LogP contribution is 2.61. The highest BCUT2D eigenvalue weighted by atomic mass is 35.5. The Morgan fingerprint density at radius 3 is 2.29 bits per heavy atom. The molecule has 0 unspecified atom stereocenters. The Bertz CT molecular complexity index is 1150. The van der Waals surface area contributed by atoms with Crippen molar-refractivity contribution in [1.82, 2.24) is 0 Å². The van der Waals surface area contributed by atoms with E-state index in [4.69, 9.17) is 16.3 Å². The second-order valence-electron chi connectivity index (χ2n) is 10.4. The molecule has 176 valence electrons. The van der Waals surface area contributed by atoms with Gasteiger partial charge in [0, 0.05) is 10.6 Å². The number of carbonyl (C=O) groups excluding carboxylic acids is 2. The number of ether oxygens (including phenoxy) is 1. The zero-order valence-corrected chi connectivity index (χ0v) is 20.8. The summed E-state index contributed by atoms with van der Waals surface area (Å²) in [6.45, 7) is 2.51. The Labute approximate surface area is 209 Å². The third-order valence-corrected chi connectivity index (χ3v) is 9.25. The Kier molecular flexibility index (Phi) is 5.53. The Morgan fingerprint density at radius 2 is 1.68 bits per heavy atom. The standard InChI is InChI=1S/C28H28ClNO3S/c1-2-33-24-8-3-21(28-14-17-9-18(15-28)11-19(10-17)16-28)12-20(24)13-25-26(31)30(27(32)34-25)23-6-4-22(29)5-7-23/h3-8,12-13,17-19H,2,9-11,14-16H2,1H3/b25-13-. The number of thioether (sulfide) groups is 1. The number of halogens is 1. The molecule has 0 spiro atoms. The number of hydrogen-bond donors (Lipinski definition) is 0. The number of benzene rings is 2. The van der Waals surface area contributed by atoms with Crippen LogP contribution < -0.4 is 9.64 Å². The molecule has 2 aromatic carbocycles. The number of nitrogens with zero attached hydrogens (tertiary/aromatic N) is 1. The van der Waals surface area contributed by atoms with Crippen LogP contribution in [0.5, 0.6) is 5.75 Å². The van der Waals surface area contributed by atoms with Crippen molar-refractivity contribution in [3.05, 3.63) is 63.5 Å². The third-order valence-electron chi connectivity index (χ3n) is 8.13. The molecule has 34 heavy (non-hydrogen) atoms. The Hall–Kier alpha value is -2.24. The van der Waals surface area contributed by atoms with E-state index in [1.807, 2.05) is 13.0 Å². The fraction of sp³-hybridized carbons (Fsp3) is 0.429. The van der Waals surface area contributed by atoms with Crippen molar-refractivity contribution >= 4 is 46.3 Å². The molecule has 5 fully saturated rings. The van der Waals surface area contributed by atoms with Gasteiger partial charge in [-0.3, -0.25) is 9.59 Å². The Balaban J connectivity index is 1.36. The number of hydrogen-bond acceptors (Lipinski definition) is 4. The number of anilines is 1. The van der Waals surface area contributed by atoms with Gasteiger partial charge in [0.25, 0.3) is 11.1 Å². The molecular formula is C28H28ClNO3S. The van der Waals surface area contributed by atoms with Crippen molar-refractivity contribution in [3.63, 3.8) is 0 Å². The summed E-state index contributed by atoms with van der Waals surface area (Å²) in [7, 11) is 0. The molecule has 5 aliphatic rings. The van der Waals surface area contributed by atoms with E-state index in [1.165, 1.54) is 49.0 Å². The fourth-order valence-corrected chi connectivity index (χ4v) is 8.12. The molecule has 1 saturated heterocycles. The largest absolute Gasteiger partial charge is 0.493 e. The molecule has 4 nitrogen and oxygen atoms in total. The second-order valence-corrected chi connectivity index (χ2v) is 11.8. The van der Waals surface area contributed by atoms with Gasteiger partial charge in [-0.2, -0.15) is 0 Å². The van der Waals surface area contributed by atoms with Crippen LogP contribution in [-0.4, -0.2) is 17.8 Å². The average Bonchev–Trinajstić information content (AvgIpc) is 3.07. The summed E-state index contributed by atoms with van der Waals surface area (Å²) in [6.07, 6.45) is 9.89. The molecule has 2 aromatic rings. The first-order valence-electron chi connectivity index (χ1n) is 12.2. The van der Waals surface area contributed by atoms with Crippen molar-refractivity contribution in [3.8, 4) is 5.75 Å². The lowest BCUT2D eigenvalue weighted by Gasteiger charge is -2.57. The molecular weight excluding hydrogens is 466 g/mol. The SMILES string of the molecule is CCOc1ccc(C23CC4CC(CC(C4)C2)C3)cc1/C=C1\SC(=O)N(c2ccc(Cl)cc2)C1=O. The van der Waals surface area contributed by atoms with Crippen molar-refractivity contribution < 1.29 is 14.3 Å². The summed E-state index contributed by atoms with van der Waals surface area (Å²) >= 11 is 6.96. The van der Waals surface area contributed by atoms with Crippen molar-refractivity contribution in [2.45, 2.75) is 50.9 Å². The maximum Gasteiger partial charge on any atom is 0.298 e. The molecule has 0 N–H and O–H groups in total. The van der Waals surface area contributed by atoms with Crippen LogP contribution in [-0.2, 0) is 10.2 Å². The van der Waals surface area contributed by atoms with Gasteiger partial charge in [0.05, 0.1) is 17.2 Å². The van der Waals surface area contributed by atoms with Gasteiger partial charge in [0.1, 0.15) is 5.75 Å². The van der Waals surface area contributed by atoms with Gasteiger partial charge < -0.3 is 4.74 Å². The average molecular weight is 494 g/mol. The summed E-state index contributed by atoms with van der Waals surface area (Å²) in [4.78, 5) is 27.6. The monoisotopic (exact) mass is 493 g/mol. The first kappa shape index (κ1) is 22.2. The van der Waals surface area contributed by atoms with E-state index >= 15 is 0 Å². The van der Waals surface area contributed by atoms with Gasteiger partial charge in [0.15, 0.2) is 0 Å². The van der Waals surface area contributed by atoms with Crippen molar-refractivity contribution in [2.75, 3.05) is 11.5 Å². The van der Waals surface area contributed by atoms with Crippen molar-refractivity contribution in [2.24, 2.45) is 17.8 Å². The van der Waals surface area contributed by atoms with Crippen LogP contribution in [0.2, 0.25) is 5.02 Å². The maximum absolute atomic E-state index is 13.2. The molecule has 2 amide bonds. The van der Waals surface area contributed by atoms with Gasteiger partial charge >= 0.3 is 0 Å². The lowest BCUT2D eigenvalue weighted by Crippen LogP contribution is -2.48. The molecule has 7 rings (SSSR count). The molecule has 4 bridgehead atoms. The lowest BCUT2D eigenvalue weighted by atomic mass is 9.48. The van der Waals surface area contributed by atoms with Gasteiger partial charge in [-0.05, 0) is 128 Å². The molecule has 0 atom stereocenters. The molecule has 1 aliphatic heterocycles. The number of carbonyl (C=O) groups is 2. The molecule has 1 heterocycles. The molecule has 6 heteroatoms. The summed E-state index contributed by atoms with van der Waals surface area (Å²) < 4.78 is 5.93. The fourth-order valence-electron chi connectivity index (χ4n) is 7.16. The van der Waals surface area contributed by atoms with E-state index in [9.17, 15) is 9.59 Å². The first-order chi connectivity index (χ1) is 16.4. The predicted molar refractivity (Wildman–Crippen MR) is 137 cm³/mol. The van der Waals surface area contributed by atoms with E-state index in [2.05, 4.69) is 18.2 Å². The minimum Gasteiger partial charge on any atom is -0.493 e. The summed E-state index contributed by atoms with van der Waals surface area (Å²) in [5.74, 6) is 3.03. The maximum atomic E-state index is 13.2. The Morgan fingerprint density at radius 1 is 1.03 bits per heavy atom. The zero-order valence-electron chi connectivity index (χ0n) is 19.3.